The molecule has 6 N–H and O–H groups in total. The number of benzene rings is 1. The highest BCUT2D eigenvalue weighted by atomic mass is 16.4. The molecule has 8 heteroatoms. The summed E-state index contributed by atoms with van der Waals surface area (Å²) in [5, 5.41) is 16.0. The smallest absolute Gasteiger partial charge is 0.405 e. The number of carbonyl (C=O) groups excluding carboxylic acids is 2. The Labute approximate surface area is 128 Å². The Kier molecular flexibility index (Phi) is 6.84. The van der Waals surface area contributed by atoms with Crippen molar-refractivity contribution in [1.82, 2.24) is 10.6 Å². The Balaban J connectivity index is 2.61. The number of anilines is 1. The zero-order valence-corrected chi connectivity index (χ0v) is 12.3. The number of carbonyl (C=O) groups is 3. The molecule has 0 spiro atoms. The number of nitrogens with two attached hydrogens (primary N) is 1. The Morgan fingerprint density at radius 1 is 1.23 bits per heavy atom. The molecule has 0 heterocycles. The number of nitrogens with one attached hydrogen (secondary N) is 3. The van der Waals surface area contributed by atoms with Gasteiger partial charge in [0.15, 0.2) is 0 Å². The minimum atomic E-state index is -1.31. The summed E-state index contributed by atoms with van der Waals surface area (Å²) < 4.78 is 0. The van der Waals surface area contributed by atoms with Crippen LogP contribution in [0.5, 0.6) is 0 Å². The van der Waals surface area contributed by atoms with Crippen LogP contribution in [0.25, 0.3) is 0 Å². The zero-order chi connectivity index (χ0) is 16.5. The molecule has 0 aliphatic rings. The van der Waals surface area contributed by atoms with Crippen LogP contribution in [0.2, 0.25) is 0 Å². The molecule has 0 unspecified atom stereocenters. The van der Waals surface area contributed by atoms with Gasteiger partial charge in [0.05, 0.1) is 6.54 Å². The number of carboxylic acid groups (broad SMARTS) is 1. The van der Waals surface area contributed by atoms with Crippen molar-refractivity contribution in [1.29, 1.82) is 0 Å². The van der Waals surface area contributed by atoms with Gasteiger partial charge in [-0.25, -0.2) is 4.79 Å². The highest BCUT2D eigenvalue weighted by molar-refractivity contribution is 5.96. The maximum Gasteiger partial charge on any atom is 0.405 e. The summed E-state index contributed by atoms with van der Waals surface area (Å²) in [4.78, 5) is 33.9. The molecule has 0 radical (unpaired) electrons. The van der Waals surface area contributed by atoms with Crippen LogP contribution >= 0.6 is 0 Å². The van der Waals surface area contributed by atoms with Crippen LogP contribution in [0.15, 0.2) is 24.3 Å². The second kappa shape index (κ2) is 8.63. The molecule has 8 nitrogen and oxygen atoms in total. The van der Waals surface area contributed by atoms with E-state index in [0.29, 0.717) is 5.69 Å². The van der Waals surface area contributed by atoms with Gasteiger partial charge in [-0.15, -0.1) is 0 Å². The van der Waals surface area contributed by atoms with Gasteiger partial charge in [-0.1, -0.05) is 17.7 Å². The average Bonchev–Trinajstić information content (AvgIpc) is 2.47. The molecule has 120 valence electrons. The van der Waals surface area contributed by atoms with Crippen LogP contribution < -0.4 is 21.7 Å². The SMILES string of the molecule is Cc1ccc(NC(=O)[C@H](CCNC(=O)CN)NC(=O)O)cc1. The summed E-state index contributed by atoms with van der Waals surface area (Å²) >= 11 is 0. The third-order valence-corrected chi connectivity index (χ3v) is 2.87. The van der Waals surface area contributed by atoms with Crippen molar-refractivity contribution in [2.75, 3.05) is 18.4 Å². The third-order valence-electron chi connectivity index (χ3n) is 2.87. The Morgan fingerprint density at radius 2 is 1.86 bits per heavy atom. The molecule has 1 atom stereocenters. The summed E-state index contributed by atoms with van der Waals surface area (Å²) in [5.41, 5.74) is 6.76. The molecule has 0 aliphatic carbocycles. The van der Waals surface area contributed by atoms with Crippen molar-refractivity contribution in [2.24, 2.45) is 5.73 Å². The predicted octanol–water partition coefficient (Wildman–Crippen LogP) is 0.0347. The third kappa shape index (κ3) is 6.23. The standard InChI is InChI=1S/C14H20N4O4/c1-9-2-4-10(5-3-9)17-13(20)11(18-14(21)22)6-7-16-12(19)8-15/h2-5,11,18H,6-8,15H2,1H3,(H,16,19)(H,17,20)(H,21,22)/t11-/m0/s1. The molecule has 1 aromatic carbocycles. The van der Waals surface area contributed by atoms with E-state index in [4.69, 9.17) is 10.8 Å². The van der Waals surface area contributed by atoms with E-state index in [-0.39, 0.29) is 25.4 Å². The van der Waals surface area contributed by atoms with Gasteiger partial charge in [0.2, 0.25) is 11.8 Å². The van der Waals surface area contributed by atoms with Crippen molar-refractivity contribution >= 4 is 23.6 Å². The molecule has 22 heavy (non-hydrogen) atoms. The van der Waals surface area contributed by atoms with Crippen LogP contribution in [0.3, 0.4) is 0 Å². The summed E-state index contributed by atoms with van der Waals surface area (Å²) in [6.45, 7) is 1.90. The first kappa shape index (κ1) is 17.4. The zero-order valence-electron chi connectivity index (χ0n) is 12.3. The van der Waals surface area contributed by atoms with E-state index >= 15 is 0 Å². The van der Waals surface area contributed by atoms with Gasteiger partial charge in [-0.05, 0) is 25.5 Å². The Morgan fingerprint density at radius 3 is 2.41 bits per heavy atom. The predicted molar refractivity (Wildman–Crippen MR) is 81.4 cm³/mol. The lowest BCUT2D eigenvalue weighted by Gasteiger charge is -2.17. The second-order valence-electron chi connectivity index (χ2n) is 4.70. The topological polar surface area (TPSA) is 134 Å². The minimum Gasteiger partial charge on any atom is -0.465 e. The van der Waals surface area contributed by atoms with E-state index in [1.54, 1.807) is 12.1 Å². The molecule has 1 rings (SSSR count). The summed E-state index contributed by atoms with van der Waals surface area (Å²) in [7, 11) is 0. The number of amides is 3. The molecule has 0 aromatic heterocycles. The van der Waals surface area contributed by atoms with Crippen LogP contribution in [-0.4, -0.2) is 42.1 Å². The van der Waals surface area contributed by atoms with Crippen LogP contribution in [0.1, 0.15) is 12.0 Å². The fourth-order valence-corrected chi connectivity index (χ4v) is 1.71. The highest BCUT2D eigenvalue weighted by Crippen LogP contribution is 2.09. The van der Waals surface area contributed by atoms with Crippen molar-refractivity contribution in [3.8, 4) is 0 Å². The summed E-state index contributed by atoms with van der Waals surface area (Å²) in [5.74, 6) is -0.860. The minimum absolute atomic E-state index is 0.121. The fourth-order valence-electron chi connectivity index (χ4n) is 1.71. The lowest BCUT2D eigenvalue weighted by Crippen LogP contribution is -2.45. The monoisotopic (exact) mass is 308 g/mol. The van der Waals surface area contributed by atoms with Gasteiger partial charge in [0, 0.05) is 12.2 Å². The van der Waals surface area contributed by atoms with E-state index in [2.05, 4.69) is 16.0 Å². The highest BCUT2D eigenvalue weighted by Gasteiger charge is 2.20. The number of hydrogen-bond acceptors (Lipinski definition) is 4. The number of rotatable bonds is 7. The van der Waals surface area contributed by atoms with Gasteiger partial charge in [0.25, 0.3) is 0 Å². The van der Waals surface area contributed by atoms with Gasteiger partial charge in [0.1, 0.15) is 6.04 Å². The fraction of sp³-hybridized carbons (Fsp3) is 0.357. The number of aryl methyl sites for hydroxylation is 1. The molecule has 0 aliphatic heterocycles. The molecule has 0 fully saturated rings. The van der Waals surface area contributed by atoms with Gasteiger partial charge in [-0.3, -0.25) is 9.59 Å². The summed E-state index contributed by atoms with van der Waals surface area (Å²) in [6, 6.07) is 6.13. The van der Waals surface area contributed by atoms with Gasteiger partial charge in [-0.2, -0.15) is 0 Å². The Bertz CT molecular complexity index is 530. The van der Waals surface area contributed by atoms with Gasteiger partial charge < -0.3 is 26.8 Å². The quantitative estimate of drug-likeness (QED) is 0.485. The molecule has 0 saturated heterocycles. The van der Waals surface area contributed by atoms with E-state index in [1.165, 1.54) is 0 Å². The molecule has 0 saturated carbocycles. The second-order valence-corrected chi connectivity index (χ2v) is 4.70. The first-order valence-electron chi connectivity index (χ1n) is 6.76. The number of hydrogen-bond donors (Lipinski definition) is 5. The van der Waals surface area contributed by atoms with Crippen molar-refractivity contribution in [2.45, 2.75) is 19.4 Å². The Hall–Kier alpha value is -2.61. The molecule has 3 amide bonds. The lowest BCUT2D eigenvalue weighted by molar-refractivity contribution is -0.121. The van der Waals surface area contributed by atoms with Crippen LogP contribution in [0.4, 0.5) is 10.5 Å². The molecule has 0 bridgehead atoms. The maximum absolute atomic E-state index is 12.1. The molecule has 1 aromatic rings. The largest absolute Gasteiger partial charge is 0.465 e. The van der Waals surface area contributed by atoms with Gasteiger partial charge >= 0.3 is 6.09 Å². The summed E-state index contributed by atoms with van der Waals surface area (Å²) in [6.07, 6.45) is -1.19. The van der Waals surface area contributed by atoms with Crippen molar-refractivity contribution in [3.63, 3.8) is 0 Å². The van der Waals surface area contributed by atoms with Crippen LogP contribution in [-0.2, 0) is 9.59 Å². The normalized spacial score (nSPS) is 11.4. The first-order chi connectivity index (χ1) is 10.4. The van der Waals surface area contributed by atoms with Crippen molar-refractivity contribution < 1.29 is 19.5 Å². The van der Waals surface area contributed by atoms with E-state index in [1.807, 2.05) is 19.1 Å². The average molecular weight is 308 g/mol. The van der Waals surface area contributed by atoms with Crippen LogP contribution in [0, 0.1) is 6.92 Å². The van der Waals surface area contributed by atoms with Crippen molar-refractivity contribution in [3.05, 3.63) is 29.8 Å². The van der Waals surface area contributed by atoms with E-state index in [0.717, 1.165) is 5.56 Å². The van der Waals surface area contributed by atoms with E-state index in [9.17, 15) is 14.4 Å². The maximum atomic E-state index is 12.1. The molecular weight excluding hydrogens is 288 g/mol. The lowest BCUT2D eigenvalue weighted by atomic mass is 10.1. The van der Waals surface area contributed by atoms with E-state index < -0.39 is 18.0 Å². The molecular formula is C14H20N4O4. The first-order valence-corrected chi connectivity index (χ1v) is 6.76.